The van der Waals surface area contributed by atoms with E-state index in [1.54, 1.807) is 46.0 Å². The quantitative estimate of drug-likeness (QED) is 0.305. The molecule has 0 spiro atoms. The Morgan fingerprint density at radius 1 is 1.14 bits per heavy atom. The first-order valence-electron chi connectivity index (χ1n) is 11.6. The first kappa shape index (κ1) is 23.2. The summed E-state index contributed by atoms with van der Waals surface area (Å²) in [6.45, 7) is 1.43. The average molecular weight is 492 g/mol. The molecule has 0 saturated carbocycles. The predicted molar refractivity (Wildman–Crippen MR) is 133 cm³/mol. The van der Waals surface area contributed by atoms with E-state index in [9.17, 15) is 4.79 Å². The van der Waals surface area contributed by atoms with Crippen molar-refractivity contribution in [1.82, 2.24) is 14.7 Å². The van der Waals surface area contributed by atoms with Crippen LogP contribution in [0.25, 0.3) is 11.3 Å². The Morgan fingerprint density at radius 2 is 1.94 bits per heavy atom. The van der Waals surface area contributed by atoms with E-state index < -0.39 is 0 Å². The number of carbonyl (C=O) groups excluding carboxylic acids is 1. The highest BCUT2D eigenvalue weighted by Crippen LogP contribution is 2.35. The van der Waals surface area contributed by atoms with Gasteiger partial charge in [0.05, 0.1) is 24.5 Å². The number of amides is 1. The van der Waals surface area contributed by atoms with E-state index in [-0.39, 0.29) is 24.3 Å². The molecule has 7 nitrogen and oxygen atoms in total. The molecule has 1 aliphatic rings. The minimum atomic E-state index is -0.203. The van der Waals surface area contributed by atoms with Crippen molar-refractivity contribution < 1.29 is 18.7 Å². The molecule has 5 rings (SSSR count). The summed E-state index contributed by atoms with van der Waals surface area (Å²) in [5.41, 5.74) is 2.49. The Kier molecular flexibility index (Phi) is 6.88. The third-order valence-corrected chi connectivity index (χ3v) is 6.23. The lowest BCUT2D eigenvalue weighted by Crippen LogP contribution is -2.37. The number of rotatable bonds is 8. The maximum absolute atomic E-state index is 13.5. The molecule has 8 heteroatoms. The number of aromatic nitrogens is 2. The largest absolute Gasteiger partial charge is 0.459 e. The molecular weight excluding hydrogens is 466 g/mol. The summed E-state index contributed by atoms with van der Waals surface area (Å²) in [6, 6.07) is 20.4. The molecule has 1 atom stereocenters. The number of hydrogen-bond acceptors (Lipinski definition) is 5. The third kappa shape index (κ3) is 5.26. The minimum Gasteiger partial charge on any atom is -0.459 e. The zero-order valence-electron chi connectivity index (χ0n) is 19.4. The second-order valence-electron chi connectivity index (χ2n) is 8.48. The van der Waals surface area contributed by atoms with E-state index in [4.69, 9.17) is 30.6 Å². The third-order valence-electron chi connectivity index (χ3n) is 5.98. The zero-order chi connectivity index (χ0) is 24.2. The number of ether oxygens (including phenoxy) is 2. The summed E-state index contributed by atoms with van der Waals surface area (Å²) >= 11 is 6.06. The summed E-state index contributed by atoms with van der Waals surface area (Å²) in [6.07, 6.45) is 3.38. The fourth-order valence-corrected chi connectivity index (χ4v) is 4.39. The summed E-state index contributed by atoms with van der Waals surface area (Å²) in [7, 11) is 1.83. The monoisotopic (exact) mass is 491 g/mol. The normalized spacial score (nSPS) is 15.3. The van der Waals surface area contributed by atoms with E-state index in [1.807, 2.05) is 37.4 Å². The van der Waals surface area contributed by atoms with E-state index in [0.717, 1.165) is 29.7 Å². The van der Waals surface area contributed by atoms with Crippen molar-refractivity contribution in [3.05, 3.63) is 89.3 Å². The van der Waals surface area contributed by atoms with Gasteiger partial charge in [-0.15, -0.1) is 0 Å². The van der Waals surface area contributed by atoms with Gasteiger partial charge in [-0.2, -0.15) is 5.10 Å². The smallest absolute Gasteiger partial charge is 0.289 e. The summed E-state index contributed by atoms with van der Waals surface area (Å²) in [5.74, 6) is 1.26. The Hall–Kier alpha value is -3.55. The van der Waals surface area contributed by atoms with Crippen LogP contribution in [0, 0.1) is 0 Å². The Bertz CT molecular complexity index is 1260. The molecule has 0 radical (unpaired) electrons. The number of benzene rings is 2. The maximum Gasteiger partial charge on any atom is 0.289 e. The lowest BCUT2D eigenvalue weighted by atomic mass is 10.1. The summed E-state index contributed by atoms with van der Waals surface area (Å²) in [4.78, 5) is 15.2. The average Bonchev–Trinajstić information content (AvgIpc) is 3.64. The zero-order valence-corrected chi connectivity index (χ0v) is 20.1. The first-order valence-corrected chi connectivity index (χ1v) is 12.0. The molecule has 0 unspecified atom stereocenters. The second-order valence-corrected chi connectivity index (χ2v) is 8.91. The number of halogens is 1. The Balaban J connectivity index is 1.55. The number of hydrogen-bond donors (Lipinski definition) is 0. The van der Waals surface area contributed by atoms with Crippen LogP contribution < -0.4 is 4.74 Å². The van der Waals surface area contributed by atoms with Gasteiger partial charge in [-0.25, -0.2) is 4.68 Å². The topological polar surface area (TPSA) is 69.7 Å². The fraction of sp³-hybridized carbons (Fsp3) is 0.259. The van der Waals surface area contributed by atoms with Gasteiger partial charge in [-0.3, -0.25) is 4.79 Å². The van der Waals surface area contributed by atoms with Crippen molar-refractivity contribution in [2.24, 2.45) is 7.05 Å². The van der Waals surface area contributed by atoms with Gasteiger partial charge in [0, 0.05) is 30.8 Å². The standard InChI is InChI=1S/C27H26ClN3O4/c1-30-27(35-21-13-11-20(28)12-14-21)23(25(29-30)19-7-3-2-4-8-19)18-31(17-22-9-5-15-33-22)26(32)24-10-6-16-34-24/h2-4,6-8,10-14,16,22H,5,9,15,17-18H2,1H3/t22-/m0/s1. The van der Waals surface area contributed by atoms with Gasteiger partial charge in [0.1, 0.15) is 11.4 Å². The molecule has 2 aromatic heterocycles. The molecule has 1 saturated heterocycles. The van der Waals surface area contributed by atoms with E-state index in [2.05, 4.69) is 0 Å². The van der Waals surface area contributed by atoms with Gasteiger partial charge in [0.15, 0.2) is 5.76 Å². The molecule has 35 heavy (non-hydrogen) atoms. The molecule has 0 bridgehead atoms. The second kappa shape index (κ2) is 10.4. The van der Waals surface area contributed by atoms with Gasteiger partial charge in [-0.05, 0) is 49.2 Å². The molecule has 0 N–H and O–H groups in total. The molecule has 1 amide bonds. The van der Waals surface area contributed by atoms with Crippen molar-refractivity contribution in [3.63, 3.8) is 0 Å². The van der Waals surface area contributed by atoms with E-state index in [0.29, 0.717) is 29.8 Å². The van der Waals surface area contributed by atoms with Crippen LogP contribution in [0.1, 0.15) is 29.0 Å². The van der Waals surface area contributed by atoms with Crippen LogP contribution in [0.2, 0.25) is 5.02 Å². The van der Waals surface area contributed by atoms with Gasteiger partial charge in [0.25, 0.3) is 5.91 Å². The highest BCUT2D eigenvalue weighted by Gasteiger charge is 2.29. The number of furan rings is 1. The Morgan fingerprint density at radius 3 is 2.63 bits per heavy atom. The first-order chi connectivity index (χ1) is 17.1. The van der Waals surface area contributed by atoms with Gasteiger partial charge < -0.3 is 18.8 Å². The van der Waals surface area contributed by atoms with E-state index in [1.165, 1.54) is 6.26 Å². The number of carbonyl (C=O) groups is 1. The highest BCUT2D eigenvalue weighted by molar-refractivity contribution is 6.30. The molecule has 4 aromatic rings. The van der Waals surface area contributed by atoms with Crippen LogP contribution in [-0.4, -0.2) is 39.8 Å². The lowest BCUT2D eigenvalue weighted by Gasteiger charge is -2.25. The molecule has 1 fully saturated rings. The fourth-order valence-electron chi connectivity index (χ4n) is 4.27. The maximum atomic E-state index is 13.5. The highest BCUT2D eigenvalue weighted by atomic mass is 35.5. The van der Waals surface area contributed by atoms with E-state index >= 15 is 0 Å². The van der Waals surface area contributed by atoms with Crippen molar-refractivity contribution >= 4 is 17.5 Å². The minimum absolute atomic E-state index is 0.0219. The summed E-state index contributed by atoms with van der Waals surface area (Å²) in [5, 5.41) is 5.40. The van der Waals surface area contributed by atoms with Crippen LogP contribution in [0.3, 0.4) is 0 Å². The van der Waals surface area contributed by atoms with Gasteiger partial charge in [-0.1, -0.05) is 41.9 Å². The van der Waals surface area contributed by atoms with Crippen LogP contribution in [-0.2, 0) is 18.3 Å². The van der Waals surface area contributed by atoms with Crippen molar-refractivity contribution in [1.29, 1.82) is 0 Å². The van der Waals surface area contributed by atoms with Gasteiger partial charge >= 0.3 is 0 Å². The molecule has 0 aliphatic carbocycles. The van der Waals surface area contributed by atoms with Crippen molar-refractivity contribution in [2.45, 2.75) is 25.5 Å². The molecular formula is C27H26ClN3O4. The predicted octanol–water partition coefficient (Wildman–Crippen LogP) is 5.95. The van der Waals surface area contributed by atoms with Gasteiger partial charge in [0.2, 0.25) is 5.88 Å². The van der Waals surface area contributed by atoms with Crippen LogP contribution in [0.5, 0.6) is 11.6 Å². The van der Waals surface area contributed by atoms with Crippen LogP contribution >= 0.6 is 11.6 Å². The number of aryl methyl sites for hydroxylation is 1. The molecule has 3 heterocycles. The molecule has 180 valence electrons. The van der Waals surface area contributed by atoms with Crippen molar-refractivity contribution in [3.8, 4) is 22.9 Å². The summed E-state index contributed by atoms with van der Waals surface area (Å²) < 4.78 is 19.3. The SMILES string of the molecule is Cn1nc(-c2ccccc2)c(CN(C[C@@H]2CCCO2)C(=O)c2ccco2)c1Oc1ccc(Cl)cc1. The van der Waals surface area contributed by atoms with Crippen LogP contribution in [0.15, 0.2) is 77.4 Å². The lowest BCUT2D eigenvalue weighted by molar-refractivity contribution is 0.0483. The molecule has 2 aromatic carbocycles. The number of nitrogens with zero attached hydrogens (tertiary/aromatic N) is 3. The van der Waals surface area contributed by atoms with Crippen LogP contribution in [0.4, 0.5) is 0 Å². The molecule has 1 aliphatic heterocycles. The Labute approximate surface area is 208 Å². The van der Waals surface area contributed by atoms with Crippen molar-refractivity contribution in [2.75, 3.05) is 13.2 Å².